The third-order valence-electron chi connectivity index (χ3n) is 1.90. The first kappa shape index (κ1) is 13.3. The van der Waals surface area contributed by atoms with E-state index in [2.05, 4.69) is 0 Å². The van der Waals surface area contributed by atoms with E-state index >= 15 is 0 Å². The van der Waals surface area contributed by atoms with Crippen LogP contribution in [-0.2, 0) is 4.79 Å². The Kier molecular flexibility index (Phi) is 4.59. The molecule has 3 nitrogen and oxygen atoms in total. The Hall–Kier alpha value is -0.770. The van der Waals surface area contributed by atoms with Gasteiger partial charge in [-0.1, -0.05) is 34.8 Å². The van der Waals surface area contributed by atoms with Crippen molar-refractivity contribution in [3.63, 3.8) is 0 Å². The lowest BCUT2D eigenvalue weighted by molar-refractivity contribution is -0.136. The second-order valence-electron chi connectivity index (χ2n) is 3.04. The molecule has 0 aliphatic rings. The van der Waals surface area contributed by atoms with Gasteiger partial charge in [0.25, 0.3) is 0 Å². The van der Waals surface area contributed by atoms with Crippen molar-refractivity contribution in [3.05, 3.63) is 32.8 Å². The molecule has 1 rings (SSSR count). The number of halogens is 3. The second-order valence-corrected chi connectivity index (χ2v) is 4.20. The lowest BCUT2D eigenvalue weighted by Gasteiger charge is -2.05. The number of hydrogen-bond donors (Lipinski definition) is 1. The first-order valence-corrected chi connectivity index (χ1v) is 5.45. The molecule has 86 valence electrons. The van der Waals surface area contributed by atoms with Crippen LogP contribution < -0.4 is 0 Å². The molecule has 6 heteroatoms. The lowest BCUT2D eigenvalue weighted by atomic mass is 10.1. The Morgan fingerprint density at radius 3 is 2.25 bits per heavy atom. The molecule has 1 aromatic carbocycles. The van der Waals surface area contributed by atoms with Crippen molar-refractivity contribution in [3.8, 4) is 0 Å². The van der Waals surface area contributed by atoms with E-state index < -0.39 is 5.97 Å². The van der Waals surface area contributed by atoms with Crippen molar-refractivity contribution >= 4 is 46.6 Å². The van der Waals surface area contributed by atoms with Crippen LogP contribution in [-0.4, -0.2) is 16.9 Å². The number of Topliss-reactive ketones (excluding diaryl/α,β-unsaturated/α-hetero) is 1. The van der Waals surface area contributed by atoms with Crippen molar-refractivity contribution < 1.29 is 14.7 Å². The van der Waals surface area contributed by atoms with Gasteiger partial charge in [0.05, 0.1) is 21.5 Å². The molecule has 1 N–H and O–H groups in total. The van der Waals surface area contributed by atoms with Crippen molar-refractivity contribution in [2.45, 2.75) is 12.8 Å². The van der Waals surface area contributed by atoms with Gasteiger partial charge < -0.3 is 5.11 Å². The molecular weight excluding hydrogens is 274 g/mol. The van der Waals surface area contributed by atoms with Crippen LogP contribution in [0.1, 0.15) is 23.2 Å². The highest BCUT2D eigenvalue weighted by atomic mass is 35.5. The minimum Gasteiger partial charge on any atom is -0.481 e. The first-order valence-electron chi connectivity index (χ1n) is 4.32. The number of carboxylic acid groups (broad SMARTS) is 1. The summed E-state index contributed by atoms with van der Waals surface area (Å²) in [4.78, 5) is 21.9. The highest BCUT2D eigenvalue weighted by Gasteiger charge is 2.15. The predicted molar refractivity (Wildman–Crippen MR) is 62.7 cm³/mol. The molecule has 0 unspecified atom stereocenters. The fraction of sp³-hybridized carbons (Fsp3) is 0.200. The molecule has 0 atom stereocenters. The minimum atomic E-state index is -1.04. The van der Waals surface area contributed by atoms with E-state index in [0.29, 0.717) is 0 Å². The monoisotopic (exact) mass is 280 g/mol. The summed E-state index contributed by atoms with van der Waals surface area (Å²) in [7, 11) is 0. The van der Waals surface area contributed by atoms with Gasteiger partial charge in [-0.3, -0.25) is 9.59 Å². The number of benzene rings is 1. The van der Waals surface area contributed by atoms with Crippen LogP contribution in [0, 0.1) is 0 Å². The Labute approximate surface area is 107 Å². The topological polar surface area (TPSA) is 54.4 Å². The highest BCUT2D eigenvalue weighted by Crippen LogP contribution is 2.33. The van der Waals surface area contributed by atoms with E-state index in [0.717, 1.165) is 0 Å². The molecule has 0 radical (unpaired) electrons. The molecule has 0 saturated heterocycles. The Bertz CT molecular complexity index is 443. The molecule has 0 aliphatic carbocycles. The smallest absolute Gasteiger partial charge is 0.303 e. The zero-order valence-electron chi connectivity index (χ0n) is 7.97. The van der Waals surface area contributed by atoms with Gasteiger partial charge in [0.15, 0.2) is 5.78 Å². The molecule has 0 saturated carbocycles. The third-order valence-corrected chi connectivity index (χ3v) is 3.20. The highest BCUT2D eigenvalue weighted by molar-refractivity contribution is 6.49. The minimum absolute atomic E-state index is 0.0598. The number of ketones is 1. The van der Waals surface area contributed by atoms with Crippen LogP contribution in [0.15, 0.2) is 12.1 Å². The molecule has 0 fully saturated rings. The first-order chi connectivity index (χ1) is 7.43. The van der Waals surface area contributed by atoms with Crippen LogP contribution in [0.5, 0.6) is 0 Å². The van der Waals surface area contributed by atoms with E-state index in [9.17, 15) is 9.59 Å². The van der Waals surface area contributed by atoms with E-state index in [-0.39, 0.29) is 39.3 Å². The molecule has 1 aromatic rings. The quantitative estimate of drug-likeness (QED) is 0.676. The molecule has 0 heterocycles. The number of hydrogen-bond acceptors (Lipinski definition) is 2. The maximum atomic E-state index is 11.6. The molecule has 0 aromatic heterocycles. The summed E-state index contributed by atoms with van der Waals surface area (Å²) in [6.07, 6.45) is -0.359. The number of carboxylic acids is 1. The van der Waals surface area contributed by atoms with Crippen LogP contribution in [0.3, 0.4) is 0 Å². The van der Waals surface area contributed by atoms with Crippen molar-refractivity contribution in [2.75, 3.05) is 0 Å². The van der Waals surface area contributed by atoms with Gasteiger partial charge in [0.2, 0.25) is 0 Å². The number of carbonyl (C=O) groups excluding carboxylic acids is 1. The van der Waals surface area contributed by atoms with Crippen LogP contribution in [0.2, 0.25) is 15.1 Å². The molecule has 0 amide bonds. The van der Waals surface area contributed by atoms with Gasteiger partial charge in [0.1, 0.15) is 0 Å². The van der Waals surface area contributed by atoms with Gasteiger partial charge in [-0.05, 0) is 12.1 Å². The SMILES string of the molecule is O=C(O)CCC(=O)c1ccc(Cl)c(Cl)c1Cl. The molecule has 0 spiro atoms. The van der Waals surface area contributed by atoms with Gasteiger partial charge in [-0.15, -0.1) is 0 Å². The fourth-order valence-electron chi connectivity index (χ4n) is 1.10. The van der Waals surface area contributed by atoms with E-state index in [4.69, 9.17) is 39.9 Å². The average Bonchev–Trinajstić information content (AvgIpc) is 2.23. The fourth-order valence-corrected chi connectivity index (χ4v) is 1.74. The summed E-state index contributed by atoms with van der Waals surface area (Å²) in [6.45, 7) is 0. The van der Waals surface area contributed by atoms with E-state index in [1.165, 1.54) is 12.1 Å². The van der Waals surface area contributed by atoms with Gasteiger partial charge in [-0.25, -0.2) is 0 Å². The molecule has 16 heavy (non-hydrogen) atoms. The third kappa shape index (κ3) is 3.11. The summed E-state index contributed by atoms with van der Waals surface area (Å²) in [5.74, 6) is -1.41. The van der Waals surface area contributed by atoms with Gasteiger partial charge in [0, 0.05) is 12.0 Å². The number of carbonyl (C=O) groups is 2. The maximum absolute atomic E-state index is 11.6. The van der Waals surface area contributed by atoms with Gasteiger partial charge in [-0.2, -0.15) is 0 Å². The zero-order valence-corrected chi connectivity index (χ0v) is 10.2. The largest absolute Gasteiger partial charge is 0.481 e. The summed E-state index contributed by atoms with van der Waals surface area (Å²) in [6, 6.07) is 2.88. The van der Waals surface area contributed by atoms with E-state index in [1.807, 2.05) is 0 Å². The van der Waals surface area contributed by atoms with Gasteiger partial charge >= 0.3 is 5.97 Å². The lowest BCUT2D eigenvalue weighted by Crippen LogP contribution is -2.04. The van der Waals surface area contributed by atoms with Crippen LogP contribution in [0.4, 0.5) is 0 Å². The Morgan fingerprint density at radius 2 is 1.69 bits per heavy atom. The Morgan fingerprint density at radius 1 is 1.06 bits per heavy atom. The van der Waals surface area contributed by atoms with Crippen molar-refractivity contribution in [1.29, 1.82) is 0 Å². The average molecular weight is 282 g/mol. The number of aliphatic carboxylic acids is 1. The number of rotatable bonds is 4. The Balaban J connectivity index is 2.92. The standard InChI is InChI=1S/C10H7Cl3O3/c11-6-2-1-5(9(12)10(6)13)7(14)3-4-8(15)16/h1-2H,3-4H2,(H,15,16). The summed E-state index contributed by atoms with van der Waals surface area (Å²) >= 11 is 17.3. The normalized spacial score (nSPS) is 10.2. The maximum Gasteiger partial charge on any atom is 0.303 e. The van der Waals surface area contributed by atoms with E-state index in [1.54, 1.807) is 0 Å². The molecule has 0 bridgehead atoms. The zero-order chi connectivity index (χ0) is 12.3. The summed E-state index contributed by atoms with van der Waals surface area (Å²) in [5.41, 5.74) is 0.192. The van der Waals surface area contributed by atoms with Crippen molar-refractivity contribution in [1.82, 2.24) is 0 Å². The van der Waals surface area contributed by atoms with Crippen LogP contribution in [0.25, 0.3) is 0 Å². The molecular formula is C10H7Cl3O3. The predicted octanol–water partition coefficient (Wildman–Crippen LogP) is 3.69. The van der Waals surface area contributed by atoms with Crippen molar-refractivity contribution in [2.24, 2.45) is 0 Å². The summed E-state index contributed by atoms with van der Waals surface area (Å²) in [5, 5.41) is 8.86. The molecule has 0 aliphatic heterocycles. The summed E-state index contributed by atoms with van der Waals surface area (Å²) < 4.78 is 0. The van der Waals surface area contributed by atoms with Crippen LogP contribution >= 0.6 is 34.8 Å². The second kappa shape index (κ2) is 5.53.